The van der Waals surface area contributed by atoms with Gasteiger partial charge in [-0.05, 0) is 75.8 Å². The molecule has 0 heterocycles. The van der Waals surface area contributed by atoms with Crippen LogP contribution in [0.25, 0.3) is 0 Å². The Balaban J connectivity index is 2.63. The molecule has 0 aromatic heterocycles. The van der Waals surface area contributed by atoms with Crippen molar-refractivity contribution in [2.75, 3.05) is 27.2 Å². The number of rotatable bonds is 16. The summed E-state index contributed by atoms with van der Waals surface area (Å²) in [5.74, 6) is -1.35. The van der Waals surface area contributed by atoms with E-state index in [1.807, 2.05) is 26.8 Å². The molecule has 2 aromatic rings. The monoisotopic (exact) mass is 719 g/mol. The molecule has 0 radical (unpaired) electrons. The average molecular weight is 720 g/mol. The highest BCUT2D eigenvalue weighted by atomic mass is 32.2. The minimum Gasteiger partial charge on any atom is -0.497 e. The van der Waals surface area contributed by atoms with Gasteiger partial charge in [0.25, 0.3) is 11.8 Å². The highest BCUT2D eigenvalue weighted by Crippen LogP contribution is 2.23. The van der Waals surface area contributed by atoms with Gasteiger partial charge in [-0.15, -0.1) is 0 Å². The molecule has 0 bridgehead atoms. The van der Waals surface area contributed by atoms with Crippen LogP contribution in [0.1, 0.15) is 67.4 Å². The first-order valence-corrected chi connectivity index (χ1v) is 18.4. The number of nitrogens with one attached hydrogen (secondary N) is 1. The predicted octanol–water partition coefficient (Wildman–Crippen LogP) is 3.80. The largest absolute Gasteiger partial charge is 0.497 e. The number of amides is 3. The van der Waals surface area contributed by atoms with Gasteiger partial charge in [0.1, 0.15) is 17.4 Å². The van der Waals surface area contributed by atoms with Gasteiger partial charge >= 0.3 is 6.09 Å². The Kier molecular flexibility index (Phi) is 15.7. The zero-order valence-corrected chi connectivity index (χ0v) is 31.9. The zero-order valence-electron chi connectivity index (χ0n) is 31.1. The number of likely N-dealkylation sites (N-methyl/N-ethyl adjacent to an activating group) is 1. The topological polar surface area (TPSA) is 172 Å². The van der Waals surface area contributed by atoms with Crippen molar-refractivity contribution in [1.82, 2.24) is 19.6 Å². The molecule has 280 valence electrons. The van der Waals surface area contributed by atoms with Crippen LogP contribution in [0.5, 0.6) is 5.75 Å². The number of aliphatic hydroxyl groups is 1. The van der Waals surface area contributed by atoms with E-state index in [1.165, 1.54) is 49.7 Å². The first kappa shape index (κ1) is 42.4. The summed E-state index contributed by atoms with van der Waals surface area (Å²) in [6.07, 6.45) is -1.66. The lowest BCUT2D eigenvalue weighted by molar-refractivity contribution is -0.151. The summed E-state index contributed by atoms with van der Waals surface area (Å²) < 4.78 is 39.8. The number of carbonyl (C=O) groups excluding carboxylic acids is 3. The van der Waals surface area contributed by atoms with Crippen LogP contribution in [0.4, 0.5) is 4.79 Å². The van der Waals surface area contributed by atoms with E-state index in [9.17, 15) is 27.9 Å². The minimum atomic E-state index is -4.13. The molecular weight excluding hydrogens is 662 g/mol. The molecular formula is C36H57N5O8S. The second kappa shape index (κ2) is 18.5. The SMILES string of the molecule is CC[C@H](C)[C@H](N)C(=O)N(NC(=O)[C@@H](C)N(C)C(=O)OC(C)(C)C)[C@@H](Cc1ccccc1)[C@H](O)CN(CC(C)C)S(=O)(=O)c1ccc(OC)cc1. The molecule has 0 aliphatic carbocycles. The number of ether oxygens (including phenoxy) is 2. The fourth-order valence-corrected chi connectivity index (χ4v) is 6.62. The maximum absolute atomic E-state index is 14.2. The van der Waals surface area contributed by atoms with Gasteiger partial charge in [0.2, 0.25) is 10.0 Å². The van der Waals surface area contributed by atoms with Gasteiger partial charge in [0.05, 0.1) is 30.2 Å². The lowest BCUT2D eigenvalue weighted by atomic mass is 9.96. The summed E-state index contributed by atoms with van der Waals surface area (Å²) in [4.78, 5) is 41.9. The van der Waals surface area contributed by atoms with Gasteiger partial charge in [-0.1, -0.05) is 64.4 Å². The molecule has 14 heteroatoms. The third-order valence-corrected chi connectivity index (χ3v) is 10.2. The van der Waals surface area contributed by atoms with Crippen LogP contribution >= 0.6 is 0 Å². The Morgan fingerprint density at radius 3 is 2.04 bits per heavy atom. The molecule has 0 saturated heterocycles. The fraction of sp³-hybridized carbons (Fsp3) is 0.583. The van der Waals surface area contributed by atoms with Gasteiger partial charge < -0.3 is 20.3 Å². The summed E-state index contributed by atoms with van der Waals surface area (Å²) in [6, 6.07) is 11.6. The van der Waals surface area contributed by atoms with Gasteiger partial charge in [-0.25, -0.2) is 18.2 Å². The smallest absolute Gasteiger partial charge is 0.410 e. The Hall–Kier alpha value is -3.72. The molecule has 4 N–H and O–H groups in total. The summed E-state index contributed by atoms with van der Waals surface area (Å²) in [6.45, 7) is 13.6. The van der Waals surface area contributed by atoms with Crippen LogP contribution in [-0.4, -0.2) is 103 Å². The molecule has 3 amide bonds. The molecule has 50 heavy (non-hydrogen) atoms. The normalized spacial score (nSPS) is 15.1. The van der Waals surface area contributed by atoms with Gasteiger partial charge in [-0.3, -0.25) is 19.9 Å². The number of methoxy groups -OCH3 is 1. The summed E-state index contributed by atoms with van der Waals surface area (Å²) in [5.41, 5.74) is 8.99. The van der Waals surface area contributed by atoms with Crippen LogP contribution < -0.4 is 15.9 Å². The number of benzene rings is 2. The number of nitrogens with two attached hydrogens (primary N) is 1. The van der Waals surface area contributed by atoms with Crippen LogP contribution in [0.15, 0.2) is 59.5 Å². The van der Waals surface area contributed by atoms with E-state index in [0.717, 1.165) is 9.91 Å². The number of hydrazine groups is 1. The molecule has 2 aromatic carbocycles. The van der Waals surface area contributed by atoms with E-state index >= 15 is 0 Å². The van der Waals surface area contributed by atoms with Crippen LogP contribution in [0.2, 0.25) is 0 Å². The molecule has 0 aliphatic heterocycles. The van der Waals surface area contributed by atoms with E-state index in [1.54, 1.807) is 52.0 Å². The molecule has 0 unspecified atom stereocenters. The molecule has 5 atom stereocenters. The maximum atomic E-state index is 14.2. The Morgan fingerprint density at radius 1 is 0.960 bits per heavy atom. The van der Waals surface area contributed by atoms with Crippen molar-refractivity contribution in [3.63, 3.8) is 0 Å². The molecule has 0 fully saturated rings. The highest BCUT2D eigenvalue weighted by molar-refractivity contribution is 7.89. The highest BCUT2D eigenvalue weighted by Gasteiger charge is 2.39. The Morgan fingerprint density at radius 2 is 1.54 bits per heavy atom. The van der Waals surface area contributed by atoms with Crippen molar-refractivity contribution in [2.24, 2.45) is 17.6 Å². The van der Waals surface area contributed by atoms with Gasteiger partial charge in [0.15, 0.2) is 0 Å². The summed E-state index contributed by atoms with van der Waals surface area (Å²) in [5, 5.41) is 13.0. The van der Waals surface area contributed by atoms with Crippen molar-refractivity contribution in [3.05, 3.63) is 60.2 Å². The van der Waals surface area contributed by atoms with Crippen molar-refractivity contribution < 1.29 is 37.4 Å². The standard InChI is InChI=1S/C36H57N5O8S/c1-11-25(4)32(37)34(44)41(38-33(43)26(5)39(9)35(45)49-36(6,7)8)30(21-27-15-13-12-14-16-27)31(42)23-40(22-24(2)3)50(46,47)29-19-17-28(48-10)18-20-29/h12-20,24-26,30-32,42H,11,21-23,37H2,1-10H3,(H,38,43)/t25-,26+,30-,31+,32-/m0/s1. The fourth-order valence-electron chi connectivity index (χ4n) is 5.00. The predicted molar refractivity (Wildman–Crippen MR) is 192 cm³/mol. The molecule has 0 saturated carbocycles. The van der Waals surface area contributed by atoms with E-state index in [2.05, 4.69) is 5.43 Å². The van der Waals surface area contributed by atoms with E-state index < -0.39 is 64.3 Å². The van der Waals surface area contributed by atoms with Gasteiger partial charge in [-0.2, -0.15) is 4.31 Å². The van der Waals surface area contributed by atoms with Crippen molar-refractivity contribution in [2.45, 2.75) is 103 Å². The molecule has 13 nitrogen and oxygen atoms in total. The zero-order chi connectivity index (χ0) is 38.0. The number of nitrogens with zero attached hydrogens (tertiary/aromatic N) is 3. The third kappa shape index (κ3) is 12.0. The number of hydrogen-bond donors (Lipinski definition) is 3. The quantitative estimate of drug-likeness (QED) is 0.218. The lowest BCUT2D eigenvalue weighted by Crippen LogP contribution is -2.64. The Bertz CT molecular complexity index is 1500. The molecule has 0 aliphatic rings. The number of carbonyl (C=O) groups is 3. The van der Waals surface area contributed by atoms with Gasteiger partial charge in [0, 0.05) is 20.1 Å². The third-order valence-electron chi connectivity index (χ3n) is 8.37. The van der Waals surface area contributed by atoms with E-state index in [0.29, 0.717) is 17.7 Å². The van der Waals surface area contributed by atoms with E-state index in [4.69, 9.17) is 15.2 Å². The van der Waals surface area contributed by atoms with E-state index in [-0.39, 0.29) is 29.7 Å². The molecule has 2 rings (SSSR count). The second-order valence-electron chi connectivity index (χ2n) is 14.1. The second-order valence-corrected chi connectivity index (χ2v) is 16.0. The number of aliphatic hydroxyl groups excluding tert-OH is 1. The Labute approximate surface area is 298 Å². The molecule has 0 spiro atoms. The van der Waals surface area contributed by atoms with Crippen LogP contribution in [0, 0.1) is 11.8 Å². The lowest BCUT2D eigenvalue weighted by Gasteiger charge is -2.39. The number of hydrogen-bond acceptors (Lipinski definition) is 9. The summed E-state index contributed by atoms with van der Waals surface area (Å²) >= 11 is 0. The minimum absolute atomic E-state index is 0.00444. The summed E-state index contributed by atoms with van der Waals surface area (Å²) in [7, 11) is -1.25. The van der Waals surface area contributed by atoms with Crippen molar-refractivity contribution in [1.29, 1.82) is 0 Å². The van der Waals surface area contributed by atoms with Crippen LogP contribution in [0.3, 0.4) is 0 Å². The van der Waals surface area contributed by atoms with Crippen molar-refractivity contribution in [3.8, 4) is 5.75 Å². The maximum Gasteiger partial charge on any atom is 0.410 e. The first-order valence-electron chi connectivity index (χ1n) is 16.9. The number of sulfonamides is 1. The first-order chi connectivity index (χ1) is 23.2. The van der Waals surface area contributed by atoms with Crippen LogP contribution in [-0.2, 0) is 30.8 Å². The average Bonchev–Trinajstić information content (AvgIpc) is 3.06. The van der Waals surface area contributed by atoms with Crippen molar-refractivity contribution >= 4 is 27.9 Å².